The molecule has 2 N–H and O–H groups in total. The lowest BCUT2D eigenvalue weighted by Crippen LogP contribution is -2.45. The summed E-state index contributed by atoms with van der Waals surface area (Å²) in [5.41, 5.74) is 0.398. The van der Waals surface area contributed by atoms with Crippen molar-refractivity contribution < 1.29 is 14.3 Å². The molecule has 0 unspecified atom stereocenters. The molecule has 1 aromatic heterocycles. The van der Waals surface area contributed by atoms with Crippen molar-refractivity contribution in [2.24, 2.45) is 0 Å². The molecule has 0 radical (unpaired) electrons. The van der Waals surface area contributed by atoms with Crippen LogP contribution in [0.1, 0.15) is 60.7 Å². The molecule has 0 aliphatic heterocycles. The first-order chi connectivity index (χ1) is 8.75. The van der Waals surface area contributed by atoms with E-state index in [0.717, 1.165) is 38.5 Å². The smallest absolute Gasteiger partial charge is 0.273 e. The molecule has 2 aliphatic carbocycles. The first-order valence-corrected chi connectivity index (χ1v) is 6.68. The molecule has 1 heterocycles. The van der Waals surface area contributed by atoms with Gasteiger partial charge in [0.2, 0.25) is 0 Å². The van der Waals surface area contributed by atoms with E-state index in [2.05, 4.69) is 10.3 Å². The van der Waals surface area contributed by atoms with E-state index in [1.165, 1.54) is 6.39 Å². The van der Waals surface area contributed by atoms with Crippen LogP contribution in [0.4, 0.5) is 0 Å². The van der Waals surface area contributed by atoms with Gasteiger partial charge >= 0.3 is 0 Å². The Labute approximate surface area is 106 Å². The zero-order chi connectivity index (χ0) is 12.5. The number of hydrogen-bond acceptors (Lipinski definition) is 4. The number of carbonyl (C=O) groups is 1. The highest BCUT2D eigenvalue weighted by Gasteiger charge is 2.33. The van der Waals surface area contributed by atoms with Gasteiger partial charge in [0.1, 0.15) is 5.76 Å². The monoisotopic (exact) mass is 250 g/mol. The SMILES string of the molecule is O=C(N[C@H]1CCCC[C@@H]1O)c1ncoc1C1CC1. The molecule has 3 rings (SSSR count). The van der Waals surface area contributed by atoms with Crippen LogP contribution < -0.4 is 5.32 Å². The zero-order valence-corrected chi connectivity index (χ0v) is 10.3. The second-order valence-electron chi connectivity index (χ2n) is 5.27. The van der Waals surface area contributed by atoms with Crippen molar-refractivity contribution in [1.82, 2.24) is 10.3 Å². The summed E-state index contributed by atoms with van der Waals surface area (Å²) in [5, 5.41) is 12.7. The van der Waals surface area contributed by atoms with Crippen LogP contribution >= 0.6 is 0 Å². The number of aliphatic hydroxyl groups is 1. The van der Waals surface area contributed by atoms with Crippen molar-refractivity contribution in [1.29, 1.82) is 0 Å². The third kappa shape index (κ3) is 2.27. The van der Waals surface area contributed by atoms with Crippen molar-refractivity contribution in [2.45, 2.75) is 56.6 Å². The molecule has 0 bridgehead atoms. The maximum absolute atomic E-state index is 12.1. The predicted octanol–water partition coefficient (Wildman–Crippen LogP) is 1.59. The molecule has 18 heavy (non-hydrogen) atoms. The van der Waals surface area contributed by atoms with Crippen LogP contribution in [0.2, 0.25) is 0 Å². The van der Waals surface area contributed by atoms with Gasteiger partial charge in [0.05, 0.1) is 12.1 Å². The second-order valence-corrected chi connectivity index (χ2v) is 5.27. The molecule has 98 valence electrons. The Bertz CT molecular complexity index is 439. The van der Waals surface area contributed by atoms with Crippen molar-refractivity contribution in [3.63, 3.8) is 0 Å². The van der Waals surface area contributed by atoms with E-state index < -0.39 is 6.10 Å². The number of hydrogen-bond donors (Lipinski definition) is 2. The first kappa shape index (κ1) is 11.7. The molecular weight excluding hydrogens is 232 g/mol. The van der Waals surface area contributed by atoms with Gasteiger partial charge in [-0.25, -0.2) is 4.98 Å². The minimum absolute atomic E-state index is 0.144. The predicted molar refractivity (Wildman–Crippen MR) is 64.2 cm³/mol. The van der Waals surface area contributed by atoms with Crippen LogP contribution in [0.25, 0.3) is 0 Å². The fourth-order valence-corrected chi connectivity index (χ4v) is 2.58. The second kappa shape index (κ2) is 4.72. The van der Waals surface area contributed by atoms with E-state index in [4.69, 9.17) is 4.42 Å². The summed E-state index contributed by atoms with van der Waals surface area (Å²) < 4.78 is 5.29. The lowest BCUT2D eigenvalue weighted by Gasteiger charge is -2.28. The van der Waals surface area contributed by atoms with E-state index in [0.29, 0.717) is 17.4 Å². The molecule has 1 amide bonds. The van der Waals surface area contributed by atoms with Gasteiger partial charge in [-0.3, -0.25) is 4.79 Å². The standard InChI is InChI=1S/C13H18N2O3/c16-10-4-2-1-3-9(10)15-13(17)11-12(8-5-6-8)18-7-14-11/h7-10,16H,1-6H2,(H,15,17)/t9-,10-/m0/s1. The lowest BCUT2D eigenvalue weighted by molar-refractivity contribution is 0.0712. The average molecular weight is 250 g/mol. The average Bonchev–Trinajstić information content (AvgIpc) is 3.09. The number of aliphatic hydroxyl groups excluding tert-OH is 1. The fraction of sp³-hybridized carbons (Fsp3) is 0.692. The minimum Gasteiger partial charge on any atom is -0.447 e. The molecule has 1 aromatic rings. The van der Waals surface area contributed by atoms with Crippen LogP contribution in [-0.2, 0) is 0 Å². The summed E-state index contributed by atoms with van der Waals surface area (Å²) in [6.45, 7) is 0. The summed E-state index contributed by atoms with van der Waals surface area (Å²) in [6, 6.07) is -0.144. The molecule has 2 saturated carbocycles. The molecule has 0 saturated heterocycles. The Morgan fingerprint density at radius 2 is 2.11 bits per heavy atom. The molecule has 0 spiro atoms. The Balaban J connectivity index is 1.68. The van der Waals surface area contributed by atoms with Crippen LogP contribution in [0, 0.1) is 0 Å². The molecule has 0 aromatic carbocycles. The minimum atomic E-state index is -0.432. The topological polar surface area (TPSA) is 75.4 Å². The third-order valence-electron chi connectivity index (χ3n) is 3.80. The Kier molecular flexibility index (Phi) is 3.07. The van der Waals surface area contributed by atoms with Crippen LogP contribution in [0.15, 0.2) is 10.8 Å². The number of carbonyl (C=O) groups excluding carboxylic acids is 1. The van der Waals surface area contributed by atoms with E-state index in [-0.39, 0.29) is 11.9 Å². The van der Waals surface area contributed by atoms with Gasteiger partial charge in [-0.2, -0.15) is 0 Å². The molecule has 5 heteroatoms. The molecule has 5 nitrogen and oxygen atoms in total. The third-order valence-corrected chi connectivity index (χ3v) is 3.80. The normalized spacial score (nSPS) is 28.1. The van der Waals surface area contributed by atoms with Crippen molar-refractivity contribution in [3.05, 3.63) is 17.8 Å². The number of oxazole rings is 1. The van der Waals surface area contributed by atoms with Gasteiger partial charge in [0.25, 0.3) is 5.91 Å². The van der Waals surface area contributed by atoms with E-state index in [1.54, 1.807) is 0 Å². The van der Waals surface area contributed by atoms with Gasteiger partial charge in [-0.15, -0.1) is 0 Å². The Hall–Kier alpha value is -1.36. The van der Waals surface area contributed by atoms with E-state index >= 15 is 0 Å². The van der Waals surface area contributed by atoms with Crippen molar-refractivity contribution in [2.75, 3.05) is 0 Å². The highest BCUT2D eigenvalue weighted by atomic mass is 16.3. The van der Waals surface area contributed by atoms with Crippen LogP contribution in [0.3, 0.4) is 0 Å². The van der Waals surface area contributed by atoms with Gasteiger partial charge in [0, 0.05) is 5.92 Å². The summed E-state index contributed by atoms with van der Waals surface area (Å²) in [5.74, 6) is 0.860. The molecular formula is C13H18N2O3. The van der Waals surface area contributed by atoms with E-state index in [9.17, 15) is 9.90 Å². The summed E-state index contributed by atoms with van der Waals surface area (Å²) in [4.78, 5) is 16.1. The Morgan fingerprint density at radius 3 is 2.83 bits per heavy atom. The lowest BCUT2D eigenvalue weighted by atomic mass is 9.92. The highest BCUT2D eigenvalue weighted by Crippen LogP contribution is 2.41. The maximum atomic E-state index is 12.1. The van der Waals surface area contributed by atoms with Crippen molar-refractivity contribution >= 4 is 5.91 Å². The maximum Gasteiger partial charge on any atom is 0.273 e. The Morgan fingerprint density at radius 1 is 1.33 bits per heavy atom. The number of nitrogens with zero attached hydrogens (tertiary/aromatic N) is 1. The first-order valence-electron chi connectivity index (χ1n) is 6.68. The molecule has 2 fully saturated rings. The molecule has 2 atom stereocenters. The number of amides is 1. The summed E-state index contributed by atoms with van der Waals surface area (Å²) in [7, 11) is 0. The van der Waals surface area contributed by atoms with Gasteiger partial charge in [-0.1, -0.05) is 12.8 Å². The molecule has 2 aliphatic rings. The highest BCUT2D eigenvalue weighted by molar-refractivity contribution is 5.93. The summed E-state index contributed by atoms with van der Waals surface area (Å²) in [6.07, 6.45) is 6.73. The van der Waals surface area contributed by atoms with Gasteiger partial charge in [-0.05, 0) is 25.7 Å². The van der Waals surface area contributed by atoms with Crippen LogP contribution in [-0.4, -0.2) is 28.1 Å². The zero-order valence-electron chi connectivity index (χ0n) is 10.3. The summed E-state index contributed by atoms with van der Waals surface area (Å²) >= 11 is 0. The van der Waals surface area contributed by atoms with Crippen molar-refractivity contribution in [3.8, 4) is 0 Å². The van der Waals surface area contributed by atoms with Gasteiger partial charge < -0.3 is 14.8 Å². The number of nitrogens with one attached hydrogen (secondary N) is 1. The van der Waals surface area contributed by atoms with E-state index in [1.807, 2.05) is 0 Å². The number of rotatable bonds is 3. The number of aromatic nitrogens is 1. The van der Waals surface area contributed by atoms with Crippen LogP contribution in [0.5, 0.6) is 0 Å². The quantitative estimate of drug-likeness (QED) is 0.854. The largest absolute Gasteiger partial charge is 0.447 e. The fourth-order valence-electron chi connectivity index (χ4n) is 2.58. The van der Waals surface area contributed by atoms with Gasteiger partial charge in [0.15, 0.2) is 12.1 Å².